The number of nitrogens with two attached hydrogens (primary N) is 2. The summed E-state index contributed by atoms with van der Waals surface area (Å²) in [6.07, 6.45) is 3.10. The highest BCUT2D eigenvalue weighted by Gasteiger charge is 2.21. The van der Waals surface area contributed by atoms with Gasteiger partial charge < -0.3 is 16.3 Å². The van der Waals surface area contributed by atoms with Crippen LogP contribution in [0.3, 0.4) is 0 Å². The first-order valence-electron chi connectivity index (χ1n) is 6.36. The molecule has 0 amide bonds. The Balaban J connectivity index is -0.000000248. The van der Waals surface area contributed by atoms with Gasteiger partial charge in [0.05, 0.1) is 0 Å². The van der Waals surface area contributed by atoms with Crippen molar-refractivity contribution < 1.29 is 14.2 Å². The SMILES string of the molecule is C.CC(=O)C(C)CC=O.CC1=C(N)C=[N+](C)C1C.CN. The molecular formula is C15H32N3O2+. The zero-order chi connectivity index (χ0) is 15.6. The summed E-state index contributed by atoms with van der Waals surface area (Å²) < 4.78 is 2.12. The van der Waals surface area contributed by atoms with Crippen LogP contribution < -0.4 is 11.5 Å². The molecule has 5 nitrogen and oxygen atoms in total. The van der Waals surface area contributed by atoms with Crippen molar-refractivity contribution in [3.8, 4) is 0 Å². The van der Waals surface area contributed by atoms with E-state index < -0.39 is 0 Å². The highest BCUT2D eigenvalue weighted by molar-refractivity contribution is 5.80. The number of nitrogens with zero attached hydrogens (tertiary/aromatic N) is 1. The van der Waals surface area contributed by atoms with Gasteiger partial charge in [-0.1, -0.05) is 14.4 Å². The van der Waals surface area contributed by atoms with Crippen molar-refractivity contribution in [3.63, 3.8) is 0 Å². The summed E-state index contributed by atoms with van der Waals surface area (Å²) in [7, 11) is 3.54. The third-order valence-electron chi connectivity index (χ3n) is 3.18. The van der Waals surface area contributed by atoms with E-state index in [1.807, 2.05) is 13.3 Å². The number of Topliss-reactive ketones (excluding diaryl/α,β-unsaturated/α-hetero) is 1. The van der Waals surface area contributed by atoms with Crippen LogP contribution >= 0.6 is 0 Å². The summed E-state index contributed by atoms with van der Waals surface area (Å²) in [4.78, 5) is 20.1. The van der Waals surface area contributed by atoms with E-state index in [1.165, 1.54) is 19.5 Å². The van der Waals surface area contributed by atoms with Gasteiger partial charge in [0.15, 0.2) is 12.3 Å². The number of likely N-dealkylation sites (N-methyl/N-ethyl adjacent to an activating group) is 1. The molecule has 0 spiro atoms. The maximum absolute atomic E-state index is 10.4. The van der Waals surface area contributed by atoms with Crippen LogP contribution in [0.25, 0.3) is 0 Å². The average molecular weight is 286 g/mol. The number of aldehydes is 1. The summed E-state index contributed by atoms with van der Waals surface area (Å²) in [5.41, 5.74) is 12.3. The molecule has 0 saturated carbocycles. The molecule has 1 aliphatic rings. The largest absolute Gasteiger partial charge is 0.394 e. The van der Waals surface area contributed by atoms with E-state index >= 15 is 0 Å². The van der Waals surface area contributed by atoms with E-state index in [-0.39, 0.29) is 19.1 Å². The lowest BCUT2D eigenvalue weighted by molar-refractivity contribution is -0.515. The summed E-state index contributed by atoms with van der Waals surface area (Å²) in [6, 6.07) is 0.491. The van der Waals surface area contributed by atoms with Crippen molar-refractivity contribution >= 4 is 18.3 Å². The van der Waals surface area contributed by atoms with Crippen LogP contribution in [0.15, 0.2) is 11.3 Å². The van der Waals surface area contributed by atoms with Crippen LogP contribution in [0.5, 0.6) is 0 Å². The van der Waals surface area contributed by atoms with Gasteiger partial charge in [-0.3, -0.25) is 4.79 Å². The monoisotopic (exact) mass is 286 g/mol. The van der Waals surface area contributed by atoms with Gasteiger partial charge in [-0.15, -0.1) is 0 Å². The molecule has 1 rings (SSSR count). The Morgan fingerprint density at radius 1 is 1.50 bits per heavy atom. The molecule has 4 N–H and O–H groups in total. The minimum absolute atomic E-state index is 0. The molecule has 118 valence electrons. The molecule has 1 aliphatic heterocycles. The Labute approximate surface area is 123 Å². The Morgan fingerprint density at radius 3 is 2.05 bits per heavy atom. The third-order valence-corrected chi connectivity index (χ3v) is 3.18. The standard InChI is InChI=1S/C7H13N2.C6H10O2.CH5N.CH4/c1-5-6(2)9(3)4-7(5)8;1-5(3-4-7)6(2)8;1-2;/h4,6H,8H2,1-3H3;4-5H,3H2,1-2H3;2H2,1H3;1H4/q+1;;;. The first-order valence-corrected chi connectivity index (χ1v) is 6.36. The first kappa shape index (κ1) is 23.6. The maximum Gasteiger partial charge on any atom is 0.187 e. The molecule has 2 atom stereocenters. The molecular weight excluding hydrogens is 254 g/mol. The number of carbonyl (C=O) groups excluding carboxylic acids is 2. The van der Waals surface area contributed by atoms with Gasteiger partial charge in [-0.25, -0.2) is 4.58 Å². The maximum atomic E-state index is 10.4. The molecule has 2 unspecified atom stereocenters. The fourth-order valence-electron chi connectivity index (χ4n) is 1.29. The Kier molecular flexibility index (Phi) is 14.8. The smallest absolute Gasteiger partial charge is 0.187 e. The molecule has 0 bridgehead atoms. The molecule has 0 fully saturated rings. The molecule has 0 aromatic carbocycles. The molecule has 0 aliphatic carbocycles. The van der Waals surface area contributed by atoms with Gasteiger partial charge in [0.2, 0.25) is 0 Å². The predicted octanol–water partition coefficient (Wildman–Crippen LogP) is 1.35. The third kappa shape index (κ3) is 8.58. The molecule has 0 radical (unpaired) electrons. The van der Waals surface area contributed by atoms with Gasteiger partial charge in [-0.05, 0) is 20.9 Å². The lowest BCUT2D eigenvalue weighted by Crippen LogP contribution is -2.15. The van der Waals surface area contributed by atoms with Crippen molar-refractivity contribution in [2.24, 2.45) is 17.4 Å². The van der Waals surface area contributed by atoms with Crippen LogP contribution in [0.2, 0.25) is 0 Å². The Hall–Kier alpha value is -1.49. The van der Waals surface area contributed by atoms with E-state index in [0.29, 0.717) is 12.5 Å². The van der Waals surface area contributed by atoms with Crippen molar-refractivity contribution in [3.05, 3.63) is 11.3 Å². The van der Waals surface area contributed by atoms with E-state index in [1.54, 1.807) is 6.92 Å². The molecule has 20 heavy (non-hydrogen) atoms. The van der Waals surface area contributed by atoms with E-state index in [4.69, 9.17) is 5.73 Å². The quantitative estimate of drug-likeness (QED) is 0.605. The summed E-state index contributed by atoms with van der Waals surface area (Å²) in [5, 5.41) is 0. The number of hydrogen-bond donors (Lipinski definition) is 2. The molecule has 5 heteroatoms. The minimum Gasteiger partial charge on any atom is -0.394 e. The van der Waals surface area contributed by atoms with Crippen LogP contribution in [-0.2, 0) is 9.59 Å². The van der Waals surface area contributed by atoms with Crippen molar-refractivity contribution in [1.29, 1.82) is 0 Å². The molecule has 0 saturated heterocycles. The summed E-state index contributed by atoms with van der Waals surface area (Å²) in [5.74, 6) is -0.00963. The van der Waals surface area contributed by atoms with Crippen LogP contribution in [0.4, 0.5) is 0 Å². The number of rotatable bonds is 3. The fraction of sp³-hybridized carbons (Fsp3) is 0.667. The number of allylic oxidation sites excluding steroid dienone is 1. The van der Waals surface area contributed by atoms with E-state index in [9.17, 15) is 9.59 Å². The Bertz CT molecular complexity index is 360. The molecule has 0 aromatic rings. The van der Waals surface area contributed by atoms with Gasteiger partial charge in [0.1, 0.15) is 24.8 Å². The fourth-order valence-corrected chi connectivity index (χ4v) is 1.29. The Morgan fingerprint density at radius 2 is 1.95 bits per heavy atom. The number of hydrogen-bond acceptors (Lipinski definition) is 4. The first-order chi connectivity index (χ1) is 8.81. The average Bonchev–Trinajstić information content (AvgIpc) is 2.60. The number of carbonyl (C=O) groups is 2. The molecule has 0 aromatic heterocycles. The van der Waals surface area contributed by atoms with Crippen molar-refractivity contribution in [1.82, 2.24) is 0 Å². The summed E-state index contributed by atoms with van der Waals surface area (Å²) >= 11 is 0. The van der Waals surface area contributed by atoms with E-state index in [2.05, 4.69) is 24.2 Å². The van der Waals surface area contributed by atoms with Gasteiger partial charge >= 0.3 is 0 Å². The second-order valence-electron chi connectivity index (χ2n) is 4.52. The lowest BCUT2D eigenvalue weighted by atomic mass is 10.1. The highest BCUT2D eigenvalue weighted by Crippen LogP contribution is 2.10. The zero-order valence-corrected chi connectivity index (χ0v) is 12.9. The predicted molar refractivity (Wildman–Crippen MR) is 86.0 cm³/mol. The topological polar surface area (TPSA) is 89.2 Å². The zero-order valence-electron chi connectivity index (χ0n) is 12.9. The van der Waals surface area contributed by atoms with Gasteiger partial charge in [0.25, 0.3) is 0 Å². The number of ketones is 1. The van der Waals surface area contributed by atoms with Gasteiger partial charge in [0, 0.05) is 24.8 Å². The molecule has 1 heterocycles. The lowest BCUT2D eigenvalue weighted by Gasteiger charge is -1.99. The van der Waals surface area contributed by atoms with Crippen molar-refractivity contribution in [2.45, 2.75) is 47.6 Å². The summed E-state index contributed by atoms with van der Waals surface area (Å²) in [6.45, 7) is 7.45. The second kappa shape index (κ2) is 12.5. The normalized spacial score (nSPS) is 17.6. The highest BCUT2D eigenvalue weighted by atomic mass is 16.1. The van der Waals surface area contributed by atoms with Crippen LogP contribution in [-0.4, -0.2) is 43.0 Å². The second-order valence-corrected chi connectivity index (χ2v) is 4.52. The van der Waals surface area contributed by atoms with Crippen LogP contribution in [0, 0.1) is 5.92 Å². The van der Waals surface area contributed by atoms with Crippen LogP contribution in [0.1, 0.15) is 41.5 Å². The van der Waals surface area contributed by atoms with E-state index in [0.717, 1.165) is 12.0 Å². The minimum atomic E-state index is -0.0903. The van der Waals surface area contributed by atoms with Gasteiger partial charge in [-0.2, -0.15) is 0 Å². The van der Waals surface area contributed by atoms with Crippen molar-refractivity contribution in [2.75, 3.05) is 14.1 Å².